The number of esters is 1. The van der Waals surface area contributed by atoms with Crippen molar-refractivity contribution < 1.29 is 32.4 Å². The summed E-state index contributed by atoms with van der Waals surface area (Å²) in [5.74, 6) is -1.93. The van der Waals surface area contributed by atoms with Gasteiger partial charge in [-0.15, -0.1) is 0 Å². The number of ether oxygens (including phenoxy) is 1. The van der Waals surface area contributed by atoms with Gasteiger partial charge in [0, 0.05) is 17.5 Å². The molecule has 2 aromatic carbocycles. The molecule has 0 aliphatic rings. The Kier molecular flexibility index (Phi) is 6.30. The lowest BCUT2D eigenvalue weighted by atomic mass is 10.1. The highest BCUT2D eigenvalue weighted by Gasteiger charge is 2.36. The van der Waals surface area contributed by atoms with E-state index in [1.165, 1.54) is 31.2 Å². The molecule has 1 unspecified atom stereocenters. The zero-order chi connectivity index (χ0) is 23.6. The number of rotatable bonds is 5. The van der Waals surface area contributed by atoms with Crippen LogP contribution in [0.25, 0.3) is 10.9 Å². The van der Waals surface area contributed by atoms with Gasteiger partial charge in [-0.05, 0) is 43.3 Å². The Morgan fingerprint density at radius 1 is 1.16 bits per heavy atom. The van der Waals surface area contributed by atoms with Crippen LogP contribution in [0.2, 0.25) is 5.15 Å². The van der Waals surface area contributed by atoms with Crippen molar-refractivity contribution in [1.29, 1.82) is 0 Å². The lowest BCUT2D eigenvalue weighted by molar-refractivity contribution is -0.385. The first-order chi connectivity index (χ1) is 15.0. The first-order valence-electron chi connectivity index (χ1n) is 8.89. The molecule has 166 valence electrons. The van der Waals surface area contributed by atoms with E-state index in [-0.39, 0.29) is 10.7 Å². The standard InChI is InChI=1S/C20H13ClF3N3O5/c1-10(32-19(29)12-2-5-15-11(8-12)3-7-17(21)25-15)18(28)26-16-6-4-13(27(30)31)9-14(16)20(22,23)24/h2-10H,1H3,(H,26,28). The molecule has 1 amide bonds. The van der Waals surface area contributed by atoms with Gasteiger partial charge in [0.15, 0.2) is 6.10 Å². The summed E-state index contributed by atoms with van der Waals surface area (Å²) in [6.07, 6.45) is -6.42. The van der Waals surface area contributed by atoms with E-state index < -0.39 is 46.0 Å². The molecular formula is C20H13ClF3N3O5. The molecule has 0 radical (unpaired) electrons. The predicted octanol–water partition coefficient (Wildman–Crippen LogP) is 5.00. The van der Waals surface area contributed by atoms with Gasteiger partial charge in [-0.2, -0.15) is 13.2 Å². The third-order valence-corrected chi connectivity index (χ3v) is 4.53. The zero-order valence-electron chi connectivity index (χ0n) is 16.1. The van der Waals surface area contributed by atoms with E-state index in [1.54, 1.807) is 6.07 Å². The Bertz CT molecular complexity index is 1230. The van der Waals surface area contributed by atoms with Crippen molar-refractivity contribution in [2.24, 2.45) is 0 Å². The molecule has 1 atom stereocenters. The van der Waals surface area contributed by atoms with Gasteiger partial charge >= 0.3 is 12.1 Å². The van der Waals surface area contributed by atoms with Crippen LogP contribution in [0, 0.1) is 10.1 Å². The number of aromatic nitrogens is 1. The number of hydrogen-bond donors (Lipinski definition) is 1. The lowest BCUT2D eigenvalue weighted by Gasteiger charge is -2.17. The van der Waals surface area contributed by atoms with E-state index in [2.05, 4.69) is 4.98 Å². The van der Waals surface area contributed by atoms with Gasteiger partial charge in [-0.3, -0.25) is 14.9 Å². The van der Waals surface area contributed by atoms with Crippen LogP contribution >= 0.6 is 11.6 Å². The number of hydrogen-bond acceptors (Lipinski definition) is 6. The number of halogens is 4. The van der Waals surface area contributed by atoms with Crippen molar-refractivity contribution in [1.82, 2.24) is 4.98 Å². The van der Waals surface area contributed by atoms with Gasteiger partial charge in [0.05, 0.1) is 27.3 Å². The Morgan fingerprint density at radius 3 is 2.53 bits per heavy atom. The number of carbonyl (C=O) groups is 2. The summed E-state index contributed by atoms with van der Waals surface area (Å²) in [4.78, 5) is 38.5. The quantitative estimate of drug-likeness (QED) is 0.244. The van der Waals surface area contributed by atoms with Crippen LogP contribution in [0.3, 0.4) is 0 Å². The fraction of sp³-hybridized carbons (Fsp3) is 0.150. The molecule has 3 aromatic rings. The molecule has 0 spiro atoms. The van der Waals surface area contributed by atoms with Crippen molar-refractivity contribution in [3.63, 3.8) is 0 Å². The van der Waals surface area contributed by atoms with Crippen molar-refractivity contribution in [2.45, 2.75) is 19.2 Å². The summed E-state index contributed by atoms with van der Waals surface area (Å²) in [5.41, 5.74) is -2.28. The molecule has 0 bridgehead atoms. The molecule has 0 aliphatic carbocycles. The molecule has 1 aromatic heterocycles. The Hall–Kier alpha value is -3.73. The van der Waals surface area contributed by atoms with E-state index in [0.717, 1.165) is 12.1 Å². The molecule has 12 heteroatoms. The summed E-state index contributed by atoms with van der Waals surface area (Å²) >= 11 is 5.80. The smallest absolute Gasteiger partial charge is 0.418 e. The van der Waals surface area contributed by atoms with Crippen LogP contribution < -0.4 is 5.32 Å². The molecule has 0 saturated carbocycles. The second-order valence-corrected chi connectivity index (χ2v) is 6.95. The number of anilines is 1. The SMILES string of the molecule is CC(OC(=O)c1ccc2nc(Cl)ccc2c1)C(=O)Nc1ccc([N+](=O)[O-])cc1C(F)(F)F. The first-order valence-corrected chi connectivity index (χ1v) is 9.27. The van der Waals surface area contributed by atoms with Crippen LogP contribution in [0.4, 0.5) is 24.5 Å². The number of nitrogens with one attached hydrogen (secondary N) is 1. The van der Waals surface area contributed by atoms with Crippen LogP contribution in [-0.4, -0.2) is 27.9 Å². The van der Waals surface area contributed by atoms with E-state index in [1.807, 2.05) is 5.32 Å². The average molecular weight is 468 g/mol. The monoisotopic (exact) mass is 467 g/mol. The van der Waals surface area contributed by atoms with Gasteiger partial charge in [0.2, 0.25) is 0 Å². The van der Waals surface area contributed by atoms with Gasteiger partial charge in [-0.25, -0.2) is 9.78 Å². The fourth-order valence-corrected chi connectivity index (χ4v) is 2.89. The molecule has 0 saturated heterocycles. The summed E-state index contributed by atoms with van der Waals surface area (Å²) in [6, 6.07) is 9.42. The number of nitro benzene ring substituents is 1. The van der Waals surface area contributed by atoms with Gasteiger partial charge < -0.3 is 10.1 Å². The highest BCUT2D eigenvalue weighted by atomic mass is 35.5. The molecular weight excluding hydrogens is 455 g/mol. The van der Waals surface area contributed by atoms with Crippen LogP contribution in [0.15, 0.2) is 48.5 Å². The number of non-ortho nitro benzene ring substituents is 1. The fourth-order valence-electron chi connectivity index (χ4n) is 2.73. The Labute approximate surface area is 183 Å². The maximum atomic E-state index is 13.3. The maximum absolute atomic E-state index is 13.3. The molecule has 0 aliphatic heterocycles. The van der Waals surface area contributed by atoms with Gasteiger partial charge in [-0.1, -0.05) is 11.6 Å². The van der Waals surface area contributed by atoms with Crippen LogP contribution in [0.5, 0.6) is 0 Å². The number of fused-ring (bicyclic) bond motifs is 1. The van der Waals surface area contributed by atoms with Gasteiger partial charge in [0.25, 0.3) is 11.6 Å². The molecule has 1 N–H and O–H groups in total. The van der Waals surface area contributed by atoms with Gasteiger partial charge in [0.1, 0.15) is 5.15 Å². The molecule has 0 fully saturated rings. The second kappa shape index (κ2) is 8.79. The number of nitrogens with zero attached hydrogens (tertiary/aromatic N) is 2. The lowest BCUT2D eigenvalue weighted by Crippen LogP contribution is -2.30. The molecule has 1 heterocycles. The maximum Gasteiger partial charge on any atom is 0.418 e. The van der Waals surface area contributed by atoms with E-state index in [4.69, 9.17) is 16.3 Å². The topological polar surface area (TPSA) is 111 Å². The average Bonchev–Trinajstić information content (AvgIpc) is 2.72. The highest BCUT2D eigenvalue weighted by molar-refractivity contribution is 6.29. The summed E-state index contributed by atoms with van der Waals surface area (Å²) in [6.45, 7) is 1.17. The summed E-state index contributed by atoms with van der Waals surface area (Å²) in [5, 5.41) is 13.6. The highest BCUT2D eigenvalue weighted by Crippen LogP contribution is 2.37. The summed E-state index contributed by atoms with van der Waals surface area (Å²) < 4.78 is 44.8. The van der Waals surface area contributed by atoms with E-state index in [0.29, 0.717) is 17.0 Å². The van der Waals surface area contributed by atoms with Crippen molar-refractivity contribution in [2.75, 3.05) is 5.32 Å². The van der Waals surface area contributed by atoms with Crippen molar-refractivity contribution in [3.8, 4) is 0 Å². The number of nitro groups is 1. The van der Waals surface area contributed by atoms with Crippen molar-refractivity contribution in [3.05, 3.63) is 74.9 Å². The summed E-state index contributed by atoms with van der Waals surface area (Å²) in [7, 11) is 0. The third kappa shape index (κ3) is 5.11. The normalized spacial score (nSPS) is 12.3. The third-order valence-electron chi connectivity index (χ3n) is 4.32. The number of amides is 1. The zero-order valence-corrected chi connectivity index (χ0v) is 16.9. The number of carbonyl (C=O) groups excluding carboxylic acids is 2. The minimum atomic E-state index is -4.96. The number of pyridine rings is 1. The minimum absolute atomic E-state index is 0.0904. The predicted molar refractivity (Wildman–Crippen MR) is 108 cm³/mol. The van der Waals surface area contributed by atoms with Crippen LogP contribution in [-0.2, 0) is 15.7 Å². The van der Waals surface area contributed by atoms with E-state index in [9.17, 15) is 32.9 Å². The number of benzene rings is 2. The Morgan fingerprint density at radius 2 is 1.88 bits per heavy atom. The van der Waals surface area contributed by atoms with E-state index >= 15 is 0 Å². The molecule has 3 rings (SSSR count). The largest absolute Gasteiger partial charge is 0.449 e. The molecule has 8 nitrogen and oxygen atoms in total. The van der Waals surface area contributed by atoms with Crippen molar-refractivity contribution >= 4 is 45.8 Å². The second-order valence-electron chi connectivity index (χ2n) is 6.56. The Balaban J connectivity index is 1.75. The first kappa shape index (κ1) is 22.9. The molecule has 32 heavy (non-hydrogen) atoms. The number of alkyl halides is 3. The van der Waals surface area contributed by atoms with Crippen LogP contribution in [0.1, 0.15) is 22.8 Å². The minimum Gasteiger partial charge on any atom is -0.449 e.